The van der Waals surface area contributed by atoms with E-state index in [1.807, 2.05) is 36.4 Å². The summed E-state index contributed by atoms with van der Waals surface area (Å²) < 4.78 is 21.2. The Morgan fingerprint density at radius 2 is 1.82 bits per heavy atom. The van der Waals surface area contributed by atoms with Crippen LogP contribution in [0.1, 0.15) is 44.2 Å². The second kappa shape index (κ2) is 9.81. The molecule has 33 heavy (non-hydrogen) atoms. The number of rotatable bonds is 5. The van der Waals surface area contributed by atoms with Crippen LogP contribution < -0.4 is 15.0 Å². The van der Waals surface area contributed by atoms with E-state index >= 15 is 0 Å². The van der Waals surface area contributed by atoms with Gasteiger partial charge in [-0.25, -0.2) is 4.39 Å². The number of ether oxygens (including phenoxy) is 1. The molecule has 1 N–H and O–H groups in total. The summed E-state index contributed by atoms with van der Waals surface area (Å²) in [7, 11) is 0. The third kappa shape index (κ3) is 5.29. The van der Waals surface area contributed by atoms with E-state index in [4.69, 9.17) is 4.74 Å². The zero-order valence-electron chi connectivity index (χ0n) is 19.4. The molecular weight excluding hydrogens is 421 g/mol. The second-order valence-corrected chi connectivity index (χ2v) is 8.99. The number of fused-ring (bicyclic) bond motifs is 1. The van der Waals surface area contributed by atoms with Crippen molar-refractivity contribution in [1.82, 2.24) is 10.2 Å². The number of benzene rings is 2. The summed E-state index contributed by atoms with van der Waals surface area (Å²) >= 11 is 0. The van der Waals surface area contributed by atoms with Crippen molar-refractivity contribution in [1.29, 1.82) is 0 Å². The lowest BCUT2D eigenvalue weighted by Crippen LogP contribution is -2.52. The number of carbonyl (C=O) groups excluding carboxylic acids is 2. The Balaban J connectivity index is 1.49. The maximum Gasteiger partial charge on any atom is 0.241 e. The van der Waals surface area contributed by atoms with E-state index < -0.39 is 0 Å². The highest BCUT2D eigenvalue weighted by atomic mass is 19.1. The Hall–Kier alpha value is -3.09. The number of hydrogen-bond acceptors (Lipinski definition) is 4. The Morgan fingerprint density at radius 1 is 1.09 bits per heavy atom. The topological polar surface area (TPSA) is 61.9 Å². The molecule has 2 aliphatic rings. The number of halogens is 1. The van der Waals surface area contributed by atoms with Crippen molar-refractivity contribution in [2.24, 2.45) is 0 Å². The van der Waals surface area contributed by atoms with Crippen LogP contribution in [0.2, 0.25) is 0 Å². The molecule has 0 bridgehead atoms. The number of aryl methyl sites for hydroxylation is 1. The molecule has 2 amide bonds. The van der Waals surface area contributed by atoms with Crippen molar-refractivity contribution in [3.8, 4) is 5.75 Å². The lowest BCUT2D eigenvalue weighted by Gasteiger charge is -2.41. The monoisotopic (exact) mass is 453 g/mol. The van der Waals surface area contributed by atoms with E-state index in [0.717, 1.165) is 49.2 Å². The van der Waals surface area contributed by atoms with Crippen LogP contribution in [0.4, 0.5) is 10.1 Å². The molecule has 1 fully saturated rings. The lowest BCUT2D eigenvalue weighted by atomic mass is 9.87. The average Bonchev–Trinajstić information content (AvgIpc) is 2.96. The highest BCUT2D eigenvalue weighted by Crippen LogP contribution is 2.41. The van der Waals surface area contributed by atoms with Gasteiger partial charge < -0.3 is 19.9 Å². The SMILES string of the molecule is CCc1ccc(F)c(CN2CCC3(CCN(C(=O)CNC(C)=O)CC3)Oc3ccccc32)c1. The molecule has 1 spiro atoms. The second-order valence-electron chi connectivity index (χ2n) is 8.99. The van der Waals surface area contributed by atoms with E-state index in [2.05, 4.69) is 17.1 Å². The van der Waals surface area contributed by atoms with Gasteiger partial charge in [0.25, 0.3) is 0 Å². The number of amides is 2. The molecule has 2 aliphatic heterocycles. The third-order valence-corrected chi connectivity index (χ3v) is 6.77. The quantitative estimate of drug-likeness (QED) is 0.750. The fraction of sp³-hybridized carbons (Fsp3) is 0.462. The molecule has 1 saturated heterocycles. The number of carbonyl (C=O) groups is 2. The Bertz CT molecular complexity index is 1020. The minimum absolute atomic E-state index is 0.0299. The zero-order valence-corrected chi connectivity index (χ0v) is 19.4. The minimum Gasteiger partial charge on any atom is -0.485 e. The molecule has 0 unspecified atom stereocenters. The Labute approximate surface area is 194 Å². The number of nitrogens with one attached hydrogen (secondary N) is 1. The maximum absolute atomic E-state index is 14.6. The normalized spacial score (nSPS) is 17.2. The van der Waals surface area contributed by atoms with Gasteiger partial charge in [-0.3, -0.25) is 9.59 Å². The predicted octanol–water partition coefficient (Wildman–Crippen LogP) is 3.67. The smallest absolute Gasteiger partial charge is 0.241 e. The molecule has 2 aromatic rings. The number of hydrogen-bond donors (Lipinski definition) is 1. The van der Waals surface area contributed by atoms with Crippen LogP contribution in [0.5, 0.6) is 5.75 Å². The van der Waals surface area contributed by atoms with Gasteiger partial charge in [0.1, 0.15) is 17.2 Å². The highest BCUT2D eigenvalue weighted by Gasteiger charge is 2.40. The molecule has 7 heteroatoms. The summed E-state index contributed by atoms with van der Waals surface area (Å²) in [6, 6.07) is 13.3. The van der Waals surface area contributed by atoms with Crippen molar-refractivity contribution < 1.29 is 18.7 Å². The molecule has 0 aromatic heterocycles. The average molecular weight is 454 g/mol. The highest BCUT2D eigenvalue weighted by molar-refractivity contribution is 5.83. The van der Waals surface area contributed by atoms with Gasteiger partial charge in [0, 0.05) is 57.9 Å². The summed E-state index contributed by atoms with van der Waals surface area (Å²) in [6.07, 6.45) is 3.11. The molecule has 2 heterocycles. The summed E-state index contributed by atoms with van der Waals surface area (Å²) in [5.41, 5.74) is 2.43. The number of likely N-dealkylation sites (tertiary alicyclic amines) is 1. The fourth-order valence-electron chi connectivity index (χ4n) is 4.71. The number of piperidine rings is 1. The van der Waals surface area contributed by atoms with Crippen LogP contribution in [0, 0.1) is 5.82 Å². The Morgan fingerprint density at radius 3 is 2.55 bits per heavy atom. The van der Waals surface area contributed by atoms with Crippen molar-refractivity contribution in [3.63, 3.8) is 0 Å². The molecule has 2 aromatic carbocycles. The maximum atomic E-state index is 14.6. The molecule has 4 rings (SSSR count). The summed E-state index contributed by atoms with van der Waals surface area (Å²) in [6.45, 7) is 5.92. The third-order valence-electron chi connectivity index (χ3n) is 6.77. The van der Waals surface area contributed by atoms with Crippen LogP contribution in [-0.2, 0) is 22.6 Å². The number of anilines is 1. The fourth-order valence-corrected chi connectivity index (χ4v) is 4.71. The van der Waals surface area contributed by atoms with E-state index in [1.165, 1.54) is 6.92 Å². The van der Waals surface area contributed by atoms with Crippen LogP contribution in [0.15, 0.2) is 42.5 Å². The molecule has 0 saturated carbocycles. The zero-order chi connectivity index (χ0) is 23.4. The predicted molar refractivity (Wildman–Crippen MR) is 126 cm³/mol. The first-order chi connectivity index (χ1) is 15.9. The first-order valence-electron chi connectivity index (χ1n) is 11.7. The van der Waals surface area contributed by atoms with Crippen molar-refractivity contribution >= 4 is 17.5 Å². The Kier molecular flexibility index (Phi) is 6.86. The summed E-state index contributed by atoms with van der Waals surface area (Å²) in [5, 5.41) is 2.58. The first-order valence-corrected chi connectivity index (χ1v) is 11.7. The minimum atomic E-state index is -0.362. The van der Waals surface area contributed by atoms with E-state index in [0.29, 0.717) is 25.2 Å². The number of para-hydroxylation sites is 2. The van der Waals surface area contributed by atoms with E-state index in [-0.39, 0.29) is 29.8 Å². The molecular formula is C26H32FN3O3. The van der Waals surface area contributed by atoms with Crippen LogP contribution in [0.3, 0.4) is 0 Å². The van der Waals surface area contributed by atoms with E-state index in [1.54, 1.807) is 11.0 Å². The molecule has 176 valence electrons. The standard InChI is InChI=1S/C26H32FN3O3/c1-3-20-8-9-22(27)21(16-20)18-30-15-12-26(33-24-7-5-4-6-23(24)30)10-13-29(14-11-26)25(32)17-28-19(2)31/h4-9,16H,3,10-15,17-18H2,1-2H3,(H,28,31). The van der Waals surface area contributed by atoms with E-state index in [9.17, 15) is 14.0 Å². The van der Waals surface area contributed by atoms with Crippen molar-refractivity contribution in [2.45, 2.75) is 51.7 Å². The van der Waals surface area contributed by atoms with Gasteiger partial charge in [0.05, 0.1) is 12.2 Å². The largest absolute Gasteiger partial charge is 0.485 e. The molecule has 6 nitrogen and oxygen atoms in total. The van der Waals surface area contributed by atoms with Crippen LogP contribution in [0.25, 0.3) is 0 Å². The van der Waals surface area contributed by atoms with Gasteiger partial charge >= 0.3 is 0 Å². The van der Waals surface area contributed by atoms with Crippen molar-refractivity contribution in [2.75, 3.05) is 31.1 Å². The summed E-state index contributed by atoms with van der Waals surface area (Å²) in [4.78, 5) is 27.5. The van der Waals surface area contributed by atoms with Gasteiger partial charge in [-0.1, -0.05) is 31.2 Å². The molecule has 0 aliphatic carbocycles. The van der Waals surface area contributed by atoms with Gasteiger partial charge in [-0.2, -0.15) is 0 Å². The van der Waals surface area contributed by atoms with Crippen molar-refractivity contribution in [3.05, 3.63) is 59.4 Å². The molecule has 0 atom stereocenters. The van der Waals surface area contributed by atoms with Gasteiger partial charge in [0.15, 0.2) is 0 Å². The summed E-state index contributed by atoms with van der Waals surface area (Å²) in [5.74, 6) is 0.346. The molecule has 0 radical (unpaired) electrons. The van der Waals surface area contributed by atoms with Crippen LogP contribution >= 0.6 is 0 Å². The van der Waals surface area contributed by atoms with Gasteiger partial charge in [-0.05, 0) is 30.2 Å². The van der Waals surface area contributed by atoms with Gasteiger partial charge in [-0.15, -0.1) is 0 Å². The first kappa shape index (κ1) is 23.1. The van der Waals surface area contributed by atoms with Gasteiger partial charge in [0.2, 0.25) is 11.8 Å². The lowest BCUT2D eigenvalue weighted by molar-refractivity contribution is -0.135. The number of nitrogens with zero attached hydrogens (tertiary/aromatic N) is 2. The van der Waals surface area contributed by atoms with Crippen LogP contribution in [-0.4, -0.2) is 48.5 Å².